The highest BCUT2D eigenvalue weighted by molar-refractivity contribution is 5.34. The van der Waals surface area contributed by atoms with Gasteiger partial charge in [0.25, 0.3) is 0 Å². The van der Waals surface area contributed by atoms with E-state index in [4.69, 9.17) is 10.5 Å². The van der Waals surface area contributed by atoms with Crippen LogP contribution in [0.2, 0.25) is 0 Å². The van der Waals surface area contributed by atoms with Crippen LogP contribution in [0.25, 0.3) is 0 Å². The summed E-state index contributed by atoms with van der Waals surface area (Å²) in [6.07, 6.45) is 6.67. The molecule has 1 fully saturated rings. The van der Waals surface area contributed by atoms with E-state index in [-0.39, 0.29) is 5.41 Å². The van der Waals surface area contributed by atoms with Crippen LogP contribution in [0.5, 0.6) is 0 Å². The van der Waals surface area contributed by atoms with Crippen molar-refractivity contribution in [2.45, 2.75) is 51.2 Å². The summed E-state index contributed by atoms with van der Waals surface area (Å²) in [6, 6.07) is 8.79. The molecule has 3 rings (SSSR count). The minimum Gasteiger partial charge on any atom is -0.375 e. The Morgan fingerprint density at radius 2 is 1.89 bits per heavy atom. The average molecular weight is 245 g/mol. The van der Waals surface area contributed by atoms with Crippen molar-refractivity contribution in [1.82, 2.24) is 0 Å². The molecule has 2 N–H and O–H groups in total. The average Bonchev–Trinajstić information content (AvgIpc) is 2.93. The molecule has 1 aliphatic carbocycles. The first-order chi connectivity index (χ1) is 8.71. The Kier molecular flexibility index (Phi) is 3.16. The zero-order valence-electron chi connectivity index (χ0n) is 11.2. The van der Waals surface area contributed by atoms with Crippen LogP contribution in [0.1, 0.15) is 37.3 Å². The molecule has 0 amide bonds. The van der Waals surface area contributed by atoms with Gasteiger partial charge in [-0.15, -0.1) is 0 Å². The van der Waals surface area contributed by atoms with Gasteiger partial charge in [0.15, 0.2) is 0 Å². The SMILES string of the molecule is CC1CCC(CC2(CN)Cc3ccccc3C2)O1. The molecule has 2 aliphatic rings. The summed E-state index contributed by atoms with van der Waals surface area (Å²) < 4.78 is 5.99. The van der Waals surface area contributed by atoms with Crippen molar-refractivity contribution >= 4 is 0 Å². The maximum Gasteiger partial charge on any atom is 0.0585 e. The minimum atomic E-state index is 0.248. The molecule has 1 aliphatic heterocycles. The second-order valence-electron chi connectivity index (χ2n) is 6.18. The molecule has 2 atom stereocenters. The van der Waals surface area contributed by atoms with Gasteiger partial charge in [-0.05, 0) is 62.1 Å². The van der Waals surface area contributed by atoms with E-state index in [0.717, 1.165) is 25.8 Å². The van der Waals surface area contributed by atoms with Crippen LogP contribution in [-0.4, -0.2) is 18.8 Å². The van der Waals surface area contributed by atoms with Gasteiger partial charge >= 0.3 is 0 Å². The second-order valence-corrected chi connectivity index (χ2v) is 6.18. The van der Waals surface area contributed by atoms with E-state index >= 15 is 0 Å². The third-order valence-electron chi connectivity index (χ3n) is 4.66. The van der Waals surface area contributed by atoms with Gasteiger partial charge in [-0.25, -0.2) is 0 Å². The highest BCUT2D eigenvalue weighted by Gasteiger charge is 2.39. The maximum atomic E-state index is 6.11. The number of ether oxygens (including phenoxy) is 1. The van der Waals surface area contributed by atoms with Gasteiger partial charge in [0.1, 0.15) is 0 Å². The predicted molar refractivity (Wildman–Crippen MR) is 73.5 cm³/mol. The van der Waals surface area contributed by atoms with Gasteiger partial charge in [0, 0.05) is 0 Å². The summed E-state index contributed by atoms with van der Waals surface area (Å²) in [6.45, 7) is 2.95. The van der Waals surface area contributed by atoms with Crippen molar-refractivity contribution in [2.24, 2.45) is 11.1 Å². The van der Waals surface area contributed by atoms with Crippen molar-refractivity contribution in [3.63, 3.8) is 0 Å². The Morgan fingerprint density at radius 3 is 2.39 bits per heavy atom. The highest BCUT2D eigenvalue weighted by atomic mass is 16.5. The van der Waals surface area contributed by atoms with E-state index in [2.05, 4.69) is 31.2 Å². The first-order valence-corrected chi connectivity index (χ1v) is 7.13. The Bertz CT molecular complexity index is 404. The Hall–Kier alpha value is -0.860. The van der Waals surface area contributed by atoms with Gasteiger partial charge in [0.05, 0.1) is 12.2 Å². The summed E-state index contributed by atoms with van der Waals surface area (Å²) in [5, 5.41) is 0. The van der Waals surface area contributed by atoms with Gasteiger partial charge in [-0.1, -0.05) is 24.3 Å². The van der Waals surface area contributed by atoms with Crippen molar-refractivity contribution in [1.29, 1.82) is 0 Å². The maximum absolute atomic E-state index is 6.11. The summed E-state index contributed by atoms with van der Waals surface area (Å²) >= 11 is 0. The van der Waals surface area contributed by atoms with Gasteiger partial charge in [-0.3, -0.25) is 0 Å². The summed E-state index contributed by atoms with van der Waals surface area (Å²) in [7, 11) is 0. The molecule has 2 unspecified atom stereocenters. The zero-order valence-corrected chi connectivity index (χ0v) is 11.2. The molecule has 2 nitrogen and oxygen atoms in total. The van der Waals surface area contributed by atoms with Crippen LogP contribution < -0.4 is 5.73 Å². The lowest BCUT2D eigenvalue weighted by Gasteiger charge is -2.30. The number of hydrogen-bond acceptors (Lipinski definition) is 2. The molecule has 0 spiro atoms. The molecule has 0 aromatic heterocycles. The van der Waals surface area contributed by atoms with Gasteiger partial charge < -0.3 is 10.5 Å². The molecule has 1 saturated heterocycles. The molecule has 2 heteroatoms. The summed E-state index contributed by atoms with van der Waals surface area (Å²) in [4.78, 5) is 0. The van der Waals surface area contributed by atoms with E-state index in [9.17, 15) is 0 Å². The van der Waals surface area contributed by atoms with E-state index in [1.54, 1.807) is 0 Å². The molecule has 1 heterocycles. The van der Waals surface area contributed by atoms with Crippen LogP contribution in [0.3, 0.4) is 0 Å². The standard InChI is InChI=1S/C16H23NO/c1-12-6-7-15(18-12)10-16(11-17)8-13-4-2-3-5-14(13)9-16/h2-5,12,15H,6-11,17H2,1H3. The van der Waals surface area contributed by atoms with Gasteiger partial charge in [-0.2, -0.15) is 0 Å². The Morgan fingerprint density at radius 1 is 1.22 bits per heavy atom. The Balaban J connectivity index is 1.74. The largest absolute Gasteiger partial charge is 0.375 e. The first kappa shape index (κ1) is 12.2. The number of fused-ring (bicyclic) bond motifs is 1. The van der Waals surface area contributed by atoms with Crippen LogP contribution >= 0.6 is 0 Å². The minimum absolute atomic E-state index is 0.248. The smallest absolute Gasteiger partial charge is 0.0585 e. The molecule has 1 aromatic carbocycles. The molecule has 1 aromatic rings. The molecule has 0 bridgehead atoms. The Labute approximate surface area is 110 Å². The lowest BCUT2D eigenvalue weighted by Crippen LogP contribution is -2.35. The van der Waals surface area contributed by atoms with E-state index in [0.29, 0.717) is 12.2 Å². The molecule has 18 heavy (non-hydrogen) atoms. The third-order valence-corrected chi connectivity index (χ3v) is 4.66. The van der Waals surface area contributed by atoms with Gasteiger partial charge in [0.2, 0.25) is 0 Å². The van der Waals surface area contributed by atoms with E-state index in [1.807, 2.05) is 0 Å². The number of hydrogen-bond donors (Lipinski definition) is 1. The third kappa shape index (κ3) is 2.19. The monoisotopic (exact) mass is 245 g/mol. The van der Waals surface area contributed by atoms with Crippen LogP contribution in [0, 0.1) is 5.41 Å². The van der Waals surface area contributed by atoms with Crippen LogP contribution in [0.15, 0.2) is 24.3 Å². The molecular weight excluding hydrogens is 222 g/mol. The van der Waals surface area contributed by atoms with Crippen molar-refractivity contribution in [2.75, 3.05) is 6.54 Å². The van der Waals surface area contributed by atoms with E-state index < -0.39 is 0 Å². The predicted octanol–water partition coefficient (Wildman–Crippen LogP) is 2.69. The lowest BCUT2D eigenvalue weighted by molar-refractivity contribution is 0.0249. The topological polar surface area (TPSA) is 35.2 Å². The van der Waals surface area contributed by atoms with Crippen LogP contribution in [-0.2, 0) is 17.6 Å². The fourth-order valence-electron chi connectivity index (χ4n) is 3.66. The lowest BCUT2D eigenvalue weighted by atomic mass is 9.79. The van der Waals surface area contributed by atoms with E-state index in [1.165, 1.54) is 24.0 Å². The second kappa shape index (κ2) is 4.67. The zero-order chi connectivity index (χ0) is 12.6. The first-order valence-electron chi connectivity index (χ1n) is 7.13. The fraction of sp³-hybridized carbons (Fsp3) is 0.625. The summed E-state index contributed by atoms with van der Waals surface area (Å²) in [5.74, 6) is 0. The number of benzene rings is 1. The normalized spacial score (nSPS) is 29.4. The molecule has 0 radical (unpaired) electrons. The van der Waals surface area contributed by atoms with Crippen molar-refractivity contribution in [3.05, 3.63) is 35.4 Å². The number of nitrogens with two attached hydrogens (primary N) is 1. The highest BCUT2D eigenvalue weighted by Crippen LogP contribution is 2.42. The van der Waals surface area contributed by atoms with Crippen molar-refractivity contribution in [3.8, 4) is 0 Å². The molecular formula is C16H23NO. The quantitative estimate of drug-likeness (QED) is 0.888. The molecule has 0 saturated carbocycles. The van der Waals surface area contributed by atoms with Crippen molar-refractivity contribution < 1.29 is 4.74 Å². The van der Waals surface area contributed by atoms with Crippen LogP contribution in [0.4, 0.5) is 0 Å². The molecule has 98 valence electrons. The summed E-state index contributed by atoms with van der Waals surface area (Å²) in [5.41, 5.74) is 9.34. The number of rotatable bonds is 3. The fourth-order valence-corrected chi connectivity index (χ4v) is 3.66.